The number of halogens is 1. The number of para-hydroxylation sites is 1. The minimum absolute atomic E-state index is 0.0362. The number of rotatable bonds is 3. The van der Waals surface area contributed by atoms with Gasteiger partial charge in [0.15, 0.2) is 5.78 Å². The maximum Gasteiger partial charge on any atom is 0.188 e. The van der Waals surface area contributed by atoms with E-state index in [0.29, 0.717) is 35.0 Å². The average molecular weight is 367 g/mol. The fourth-order valence-electron chi connectivity index (χ4n) is 3.44. The second kappa shape index (κ2) is 6.42. The highest BCUT2D eigenvalue weighted by Gasteiger charge is 2.36. The predicted molar refractivity (Wildman–Crippen MR) is 100 cm³/mol. The van der Waals surface area contributed by atoms with E-state index >= 15 is 0 Å². The third-order valence-corrected chi connectivity index (χ3v) is 4.78. The molecule has 1 saturated heterocycles. The molecule has 4 rings (SSSR count). The first-order valence-electron chi connectivity index (χ1n) is 8.42. The van der Waals surface area contributed by atoms with E-state index in [1.165, 1.54) is 6.07 Å². The third-order valence-electron chi connectivity index (χ3n) is 4.78. The van der Waals surface area contributed by atoms with Crippen molar-refractivity contribution in [1.82, 2.24) is 0 Å². The van der Waals surface area contributed by atoms with Gasteiger partial charge in [0.2, 0.25) is 0 Å². The summed E-state index contributed by atoms with van der Waals surface area (Å²) in [4.78, 5) is 14.3. The van der Waals surface area contributed by atoms with Crippen molar-refractivity contribution in [2.24, 2.45) is 0 Å². The van der Waals surface area contributed by atoms with Crippen LogP contribution in [0.3, 0.4) is 0 Å². The first-order chi connectivity index (χ1) is 13.0. The molecule has 0 amide bonds. The average Bonchev–Trinajstić information content (AvgIpc) is 3.22. The first-order valence-corrected chi connectivity index (χ1v) is 8.42. The second-order valence-electron chi connectivity index (χ2n) is 6.36. The zero-order valence-electron chi connectivity index (χ0n) is 14.9. The number of amidine groups is 1. The summed E-state index contributed by atoms with van der Waals surface area (Å²) in [6.45, 7) is 0.0362. The van der Waals surface area contributed by atoms with Crippen LogP contribution in [0.2, 0.25) is 0 Å². The van der Waals surface area contributed by atoms with E-state index in [1.54, 1.807) is 43.4 Å². The summed E-state index contributed by atoms with van der Waals surface area (Å²) >= 11 is 0. The molecule has 0 atom stereocenters. The summed E-state index contributed by atoms with van der Waals surface area (Å²) < 4.78 is 24.5. The van der Waals surface area contributed by atoms with Gasteiger partial charge in [0.25, 0.3) is 0 Å². The Bertz CT molecular complexity index is 978. The number of allylic oxidation sites excluding steroid dienone is 1. The summed E-state index contributed by atoms with van der Waals surface area (Å²) in [6.07, 6.45) is 0.395. The largest absolute Gasteiger partial charge is 0.497 e. The van der Waals surface area contributed by atoms with Gasteiger partial charge in [0, 0.05) is 30.3 Å². The van der Waals surface area contributed by atoms with E-state index in [9.17, 15) is 9.18 Å². The lowest BCUT2D eigenvalue weighted by Crippen LogP contribution is -2.24. The van der Waals surface area contributed by atoms with E-state index in [4.69, 9.17) is 14.9 Å². The molecule has 1 fully saturated rings. The Labute approximate surface area is 155 Å². The highest BCUT2D eigenvalue weighted by Crippen LogP contribution is 2.36. The number of hydrogen-bond acceptors (Lipinski definition) is 5. The molecule has 2 aromatic rings. The zero-order chi connectivity index (χ0) is 19.1. The van der Waals surface area contributed by atoms with Gasteiger partial charge >= 0.3 is 0 Å². The number of nitrogens with one attached hydrogen (secondary N) is 2. The lowest BCUT2D eigenvalue weighted by molar-refractivity contribution is -0.113. The van der Waals surface area contributed by atoms with Gasteiger partial charge in [-0.25, -0.2) is 4.39 Å². The topological polar surface area (TPSA) is 74.7 Å². The van der Waals surface area contributed by atoms with E-state index in [-0.39, 0.29) is 29.6 Å². The van der Waals surface area contributed by atoms with Crippen molar-refractivity contribution in [2.45, 2.75) is 6.42 Å². The van der Waals surface area contributed by atoms with Crippen molar-refractivity contribution in [2.75, 3.05) is 31.0 Å². The van der Waals surface area contributed by atoms with Crippen LogP contribution >= 0.6 is 0 Å². The third kappa shape index (κ3) is 2.81. The Morgan fingerprint density at radius 3 is 2.48 bits per heavy atom. The number of carbonyl (C=O) groups is 1. The standard InChI is InChI=1S/C20H18FN3O3/c1-26-13-7-12(8-14(9-13)27-2)24-10-17(25)18(20(24)22)16-6-11-4-3-5-15(21)19(11)23-16/h3-5,7-9,22-23H,6,10H2,1-2H3. The molecule has 2 aliphatic rings. The molecule has 138 valence electrons. The van der Waals surface area contributed by atoms with Crippen LogP contribution in [0.1, 0.15) is 5.56 Å². The van der Waals surface area contributed by atoms with Crippen LogP contribution in [0.15, 0.2) is 47.7 Å². The Hall–Kier alpha value is -3.35. The molecule has 0 bridgehead atoms. The zero-order valence-corrected chi connectivity index (χ0v) is 14.9. The van der Waals surface area contributed by atoms with Crippen LogP contribution < -0.4 is 19.7 Å². The Morgan fingerprint density at radius 2 is 1.85 bits per heavy atom. The molecular weight excluding hydrogens is 349 g/mol. The number of ketones is 1. The molecule has 2 heterocycles. The molecule has 0 radical (unpaired) electrons. The molecule has 7 heteroatoms. The van der Waals surface area contributed by atoms with Crippen LogP contribution in [-0.4, -0.2) is 32.4 Å². The van der Waals surface area contributed by atoms with Gasteiger partial charge in [-0.2, -0.15) is 0 Å². The van der Waals surface area contributed by atoms with Gasteiger partial charge < -0.3 is 19.7 Å². The van der Waals surface area contributed by atoms with Crippen LogP contribution in [0.25, 0.3) is 0 Å². The summed E-state index contributed by atoms with van der Waals surface area (Å²) in [6, 6.07) is 10.0. The SMILES string of the molecule is COc1cc(OC)cc(N2CC(=O)C(=C3Cc4cccc(F)c4N3)C2=N)c1. The monoisotopic (exact) mass is 367 g/mol. The number of carbonyl (C=O) groups excluding carboxylic acids is 1. The molecular formula is C20H18FN3O3. The van der Waals surface area contributed by atoms with Gasteiger partial charge in [-0.15, -0.1) is 0 Å². The lowest BCUT2D eigenvalue weighted by atomic mass is 10.1. The van der Waals surface area contributed by atoms with Crippen LogP contribution in [0.5, 0.6) is 11.5 Å². The molecule has 0 unspecified atom stereocenters. The molecule has 2 N–H and O–H groups in total. The van der Waals surface area contributed by atoms with Crippen molar-refractivity contribution >= 4 is 23.0 Å². The number of nitrogens with zero attached hydrogens (tertiary/aromatic N) is 1. The van der Waals surface area contributed by atoms with Crippen molar-refractivity contribution in [1.29, 1.82) is 5.41 Å². The normalized spacial score (nSPS) is 18.6. The predicted octanol–water partition coefficient (Wildman–Crippen LogP) is 3.13. The van der Waals surface area contributed by atoms with Gasteiger partial charge in [0.1, 0.15) is 23.2 Å². The molecule has 0 aromatic heterocycles. The van der Waals surface area contributed by atoms with E-state index < -0.39 is 0 Å². The number of hydrogen-bond donors (Lipinski definition) is 2. The summed E-state index contributed by atoms with van der Waals surface area (Å²) in [5, 5.41) is 11.5. The van der Waals surface area contributed by atoms with Crippen molar-refractivity contribution in [3.8, 4) is 11.5 Å². The van der Waals surface area contributed by atoms with Gasteiger partial charge in [-0.1, -0.05) is 12.1 Å². The fourth-order valence-corrected chi connectivity index (χ4v) is 3.44. The van der Waals surface area contributed by atoms with Crippen LogP contribution in [-0.2, 0) is 11.2 Å². The summed E-state index contributed by atoms with van der Waals surface area (Å²) in [7, 11) is 3.08. The molecule has 0 saturated carbocycles. The highest BCUT2D eigenvalue weighted by molar-refractivity contribution is 6.33. The second-order valence-corrected chi connectivity index (χ2v) is 6.36. The summed E-state index contributed by atoms with van der Waals surface area (Å²) in [5.74, 6) is 0.663. The first kappa shape index (κ1) is 17.1. The van der Waals surface area contributed by atoms with Crippen molar-refractivity contribution in [3.05, 3.63) is 59.0 Å². The number of anilines is 2. The smallest absolute Gasteiger partial charge is 0.188 e. The Morgan fingerprint density at radius 1 is 1.15 bits per heavy atom. The van der Waals surface area contributed by atoms with Gasteiger partial charge in [0.05, 0.1) is 37.7 Å². The van der Waals surface area contributed by atoms with Crippen LogP contribution in [0.4, 0.5) is 15.8 Å². The van der Waals surface area contributed by atoms with Crippen molar-refractivity contribution in [3.63, 3.8) is 0 Å². The molecule has 27 heavy (non-hydrogen) atoms. The van der Waals surface area contributed by atoms with Gasteiger partial charge in [-0.3, -0.25) is 10.2 Å². The minimum Gasteiger partial charge on any atom is -0.497 e. The fraction of sp³-hybridized carbons (Fsp3) is 0.200. The Kier molecular flexibility index (Phi) is 4.07. The van der Waals surface area contributed by atoms with Crippen LogP contribution in [0, 0.1) is 11.2 Å². The Balaban J connectivity index is 1.71. The quantitative estimate of drug-likeness (QED) is 0.816. The van der Waals surface area contributed by atoms with Gasteiger partial charge in [-0.05, 0) is 11.6 Å². The lowest BCUT2D eigenvalue weighted by Gasteiger charge is -2.19. The maximum absolute atomic E-state index is 14.0. The number of ether oxygens (including phenoxy) is 2. The molecule has 0 spiro atoms. The minimum atomic E-state index is -0.366. The maximum atomic E-state index is 14.0. The highest BCUT2D eigenvalue weighted by atomic mass is 19.1. The van der Waals surface area contributed by atoms with E-state index in [1.807, 2.05) is 6.07 Å². The molecule has 2 aliphatic heterocycles. The molecule has 6 nitrogen and oxygen atoms in total. The number of benzene rings is 2. The van der Waals surface area contributed by atoms with E-state index in [0.717, 1.165) is 5.56 Å². The number of fused-ring (bicyclic) bond motifs is 1. The van der Waals surface area contributed by atoms with E-state index in [2.05, 4.69) is 5.32 Å². The number of Topliss-reactive ketones (excluding diaryl/α,β-unsaturated/α-hetero) is 1. The summed E-state index contributed by atoms with van der Waals surface area (Å²) in [5.41, 5.74) is 2.62. The van der Waals surface area contributed by atoms with Crippen molar-refractivity contribution < 1.29 is 18.7 Å². The number of methoxy groups -OCH3 is 2. The molecule has 2 aromatic carbocycles. The molecule has 0 aliphatic carbocycles.